The Balaban J connectivity index is 1.49. The lowest BCUT2D eigenvalue weighted by atomic mass is 9.93. The number of aromatic nitrogens is 6. The van der Waals surface area contributed by atoms with Crippen LogP contribution in [0.4, 0.5) is 0 Å². The zero-order valence-corrected chi connectivity index (χ0v) is 15.9. The van der Waals surface area contributed by atoms with E-state index < -0.39 is 0 Å². The van der Waals surface area contributed by atoms with Gasteiger partial charge in [0.05, 0.1) is 11.4 Å². The van der Waals surface area contributed by atoms with Gasteiger partial charge >= 0.3 is 5.69 Å². The number of aromatic amines is 3. The van der Waals surface area contributed by atoms with Crippen LogP contribution in [0.5, 0.6) is 0 Å². The van der Waals surface area contributed by atoms with Crippen LogP contribution in [0.15, 0.2) is 41.5 Å². The van der Waals surface area contributed by atoms with Gasteiger partial charge in [-0.25, -0.2) is 19.7 Å². The van der Waals surface area contributed by atoms with Crippen molar-refractivity contribution >= 4 is 11.3 Å². The zero-order chi connectivity index (χ0) is 19.6. The fourth-order valence-corrected chi connectivity index (χ4v) is 3.88. The van der Waals surface area contributed by atoms with E-state index in [9.17, 15) is 4.79 Å². The lowest BCUT2D eigenvalue weighted by Gasteiger charge is -2.22. The Morgan fingerprint density at radius 2 is 1.72 bits per heavy atom. The molecule has 1 saturated heterocycles. The van der Waals surface area contributed by atoms with Crippen LogP contribution >= 0.6 is 0 Å². The highest BCUT2D eigenvalue weighted by Crippen LogP contribution is 2.28. The Labute approximate surface area is 166 Å². The van der Waals surface area contributed by atoms with Crippen molar-refractivity contribution in [3.05, 3.63) is 52.8 Å². The SMILES string of the molecule is O=c1[nH]c2nc(CCC3CCOCC3)c(-c3ccc(-c4ncc[nH]4)cc3)nc2[nH]1. The molecule has 8 nitrogen and oxygen atoms in total. The lowest BCUT2D eigenvalue weighted by Crippen LogP contribution is -2.16. The van der Waals surface area contributed by atoms with Crippen LogP contribution in [0.3, 0.4) is 0 Å². The molecule has 29 heavy (non-hydrogen) atoms. The maximum Gasteiger partial charge on any atom is 0.326 e. The molecule has 4 aromatic rings. The van der Waals surface area contributed by atoms with Crippen molar-refractivity contribution in [3.63, 3.8) is 0 Å². The van der Waals surface area contributed by atoms with E-state index in [1.165, 1.54) is 0 Å². The summed E-state index contributed by atoms with van der Waals surface area (Å²) in [4.78, 5) is 34.0. The van der Waals surface area contributed by atoms with Crippen LogP contribution in [-0.4, -0.2) is 43.1 Å². The van der Waals surface area contributed by atoms with E-state index in [1.54, 1.807) is 12.4 Å². The average Bonchev–Trinajstić information content (AvgIpc) is 3.41. The molecule has 0 radical (unpaired) electrons. The first kappa shape index (κ1) is 17.8. The Morgan fingerprint density at radius 1 is 1.00 bits per heavy atom. The predicted octanol–water partition coefficient (Wildman–Crippen LogP) is 3.06. The Hall–Kier alpha value is -3.26. The van der Waals surface area contributed by atoms with Gasteiger partial charge < -0.3 is 9.72 Å². The number of imidazole rings is 2. The summed E-state index contributed by atoms with van der Waals surface area (Å²) in [5.41, 5.74) is 4.39. The molecule has 0 atom stereocenters. The molecule has 1 aliphatic heterocycles. The molecule has 5 rings (SSSR count). The molecular formula is C21H22N6O2. The van der Waals surface area contributed by atoms with Gasteiger partial charge in [-0.15, -0.1) is 0 Å². The zero-order valence-electron chi connectivity index (χ0n) is 15.9. The average molecular weight is 390 g/mol. The van der Waals surface area contributed by atoms with Crippen LogP contribution in [0.25, 0.3) is 33.9 Å². The quantitative estimate of drug-likeness (QED) is 0.485. The van der Waals surface area contributed by atoms with Gasteiger partial charge in [-0.2, -0.15) is 0 Å². The summed E-state index contributed by atoms with van der Waals surface area (Å²) in [5, 5.41) is 0. The molecule has 1 aromatic carbocycles. The third kappa shape index (κ3) is 3.71. The van der Waals surface area contributed by atoms with Gasteiger partial charge in [0.15, 0.2) is 11.3 Å². The molecule has 148 valence electrons. The van der Waals surface area contributed by atoms with E-state index in [4.69, 9.17) is 14.7 Å². The third-order valence-electron chi connectivity index (χ3n) is 5.49. The highest BCUT2D eigenvalue weighted by atomic mass is 16.5. The smallest absolute Gasteiger partial charge is 0.326 e. The molecule has 8 heteroatoms. The largest absolute Gasteiger partial charge is 0.381 e. The number of fused-ring (bicyclic) bond motifs is 1. The van der Waals surface area contributed by atoms with Crippen LogP contribution in [-0.2, 0) is 11.2 Å². The van der Waals surface area contributed by atoms with Gasteiger partial charge in [-0.3, -0.25) is 9.97 Å². The van der Waals surface area contributed by atoms with Crippen molar-refractivity contribution in [2.75, 3.05) is 13.2 Å². The number of hydrogen-bond donors (Lipinski definition) is 3. The number of aryl methyl sites for hydroxylation is 1. The van der Waals surface area contributed by atoms with Crippen LogP contribution < -0.4 is 5.69 Å². The van der Waals surface area contributed by atoms with E-state index in [1.807, 2.05) is 24.3 Å². The van der Waals surface area contributed by atoms with Crippen molar-refractivity contribution in [1.82, 2.24) is 29.9 Å². The summed E-state index contributed by atoms with van der Waals surface area (Å²) >= 11 is 0. The minimum atomic E-state index is -0.291. The van der Waals surface area contributed by atoms with Crippen LogP contribution in [0, 0.1) is 5.92 Å². The third-order valence-corrected chi connectivity index (χ3v) is 5.49. The first-order chi connectivity index (χ1) is 14.3. The first-order valence-electron chi connectivity index (χ1n) is 9.93. The molecule has 3 aromatic heterocycles. The molecule has 0 spiro atoms. The molecule has 0 amide bonds. The topological polar surface area (TPSA) is 112 Å². The maximum absolute atomic E-state index is 11.7. The molecule has 0 saturated carbocycles. The summed E-state index contributed by atoms with van der Waals surface area (Å²) in [6.07, 6.45) is 7.57. The normalized spacial score (nSPS) is 15.2. The van der Waals surface area contributed by atoms with E-state index in [-0.39, 0.29) is 5.69 Å². The van der Waals surface area contributed by atoms with E-state index in [2.05, 4.69) is 19.9 Å². The minimum Gasteiger partial charge on any atom is -0.381 e. The van der Waals surface area contributed by atoms with E-state index >= 15 is 0 Å². The summed E-state index contributed by atoms with van der Waals surface area (Å²) in [6.45, 7) is 1.67. The number of hydrogen-bond acceptors (Lipinski definition) is 5. The van der Waals surface area contributed by atoms with E-state index in [0.29, 0.717) is 17.2 Å². The summed E-state index contributed by atoms with van der Waals surface area (Å²) in [5.74, 6) is 1.47. The Kier molecular flexibility index (Phi) is 4.69. The number of nitrogens with zero attached hydrogens (tertiary/aromatic N) is 3. The molecule has 1 aliphatic rings. The van der Waals surface area contributed by atoms with Crippen molar-refractivity contribution in [2.45, 2.75) is 25.7 Å². The van der Waals surface area contributed by atoms with Crippen molar-refractivity contribution < 1.29 is 4.74 Å². The summed E-state index contributed by atoms with van der Waals surface area (Å²) in [7, 11) is 0. The highest BCUT2D eigenvalue weighted by Gasteiger charge is 2.18. The molecule has 0 aliphatic carbocycles. The van der Waals surface area contributed by atoms with Gasteiger partial charge in [0, 0.05) is 36.7 Å². The summed E-state index contributed by atoms with van der Waals surface area (Å²) < 4.78 is 5.47. The Bertz CT molecular complexity index is 1150. The van der Waals surface area contributed by atoms with Crippen molar-refractivity contribution in [3.8, 4) is 22.6 Å². The number of H-pyrrole nitrogens is 3. The fraction of sp³-hybridized carbons (Fsp3) is 0.333. The van der Waals surface area contributed by atoms with Gasteiger partial charge in [-0.05, 0) is 31.6 Å². The molecular weight excluding hydrogens is 368 g/mol. The van der Waals surface area contributed by atoms with Gasteiger partial charge in [0.2, 0.25) is 0 Å². The van der Waals surface area contributed by atoms with Gasteiger partial charge in [0.1, 0.15) is 5.82 Å². The monoisotopic (exact) mass is 390 g/mol. The van der Waals surface area contributed by atoms with Crippen LogP contribution in [0.2, 0.25) is 0 Å². The molecule has 1 fully saturated rings. The van der Waals surface area contributed by atoms with Crippen molar-refractivity contribution in [2.24, 2.45) is 5.92 Å². The second-order valence-electron chi connectivity index (χ2n) is 7.40. The highest BCUT2D eigenvalue weighted by molar-refractivity contribution is 5.73. The molecule has 0 unspecified atom stereocenters. The predicted molar refractivity (Wildman–Crippen MR) is 109 cm³/mol. The second-order valence-corrected chi connectivity index (χ2v) is 7.40. The van der Waals surface area contributed by atoms with Crippen molar-refractivity contribution in [1.29, 1.82) is 0 Å². The number of nitrogens with one attached hydrogen (secondary N) is 3. The molecule has 4 heterocycles. The molecule has 3 N–H and O–H groups in total. The Morgan fingerprint density at radius 3 is 2.45 bits per heavy atom. The standard InChI is InChI=1S/C21H22N6O2/c28-21-26-19-20(27-21)25-17(16(24-19)6-1-13-7-11-29-12-8-13)14-2-4-15(5-3-14)18-22-9-10-23-18/h2-5,9-10,13H,1,6-8,11-12H2,(H,22,23)(H2,24,25,26,27,28). The number of ether oxygens (including phenoxy) is 1. The maximum atomic E-state index is 11.7. The second kappa shape index (κ2) is 7.63. The lowest BCUT2D eigenvalue weighted by molar-refractivity contribution is 0.0639. The minimum absolute atomic E-state index is 0.291. The number of rotatable bonds is 5. The summed E-state index contributed by atoms with van der Waals surface area (Å²) in [6, 6.07) is 8.08. The van der Waals surface area contributed by atoms with Gasteiger partial charge in [-0.1, -0.05) is 24.3 Å². The number of benzene rings is 1. The van der Waals surface area contributed by atoms with Gasteiger partial charge in [0.25, 0.3) is 0 Å². The molecule has 0 bridgehead atoms. The van der Waals surface area contributed by atoms with E-state index in [0.717, 1.165) is 67.2 Å². The fourth-order valence-electron chi connectivity index (χ4n) is 3.88. The first-order valence-corrected chi connectivity index (χ1v) is 9.93. The van der Waals surface area contributed by atoms with Crippen LogP contribution in [0.1, 0.15) is 25.0 Å².